The summed E-state index contributed by atoms with van der Waals surface area (Å²) in [6.07, 6.45) is 1.62. The molecule has 0 heterocycles. The fraction of sp³-hybridized carbons (Fsp3) is 0.364. The first-order chi connectivity index (χ1) is 15.8. The molecule has 2 saturated carbocycles. The van der Waals surface area contributed by atoms with Crippen LogP contribution in [0.1, 0.15) is 50.7 Å². The fourth-order valence-electron chi connectivity index (χ4n) is 3.07. The first-order valence-electron chi connectivity index (χ1n) is 9.55. The van der Waals surface area contributed by atoms with Crippen molar-refractivity contribution in [3.8, 4) is 6.07 Å². The van der Waals surface area contributed by atoms with E-state index < -0.39 is 15.0 Å². The van der Waals surface area contributed by atoms with Gasteiger partial charge in [0.05, 0.1) is 20.9 Å². The first kappa shape index (κ1) is 49.5. The highest BCUT2D eigenvalue weighted by Gasteiger charge is 2.42. The lowest BCUT2D eigenvalue weighted by molar-refractivity contribution is -0.160. The Morgan fingerprint density at radius 2 is 1.35 bits per heavy atom. The van der Waals surface area contributed by atoms with Crippen LogP contribution in [0.3, 0.4) is 0 Å². The molecule has 0 spiro atoms. The number of benzene rings is 2. The third-order valence-corrected chi connectivity index (χ3v) is 8.06. The molecule has 2 aromatic rings. The van der Waals surface area contributed by atoms with Crippen molar-refractivity contribution in [3.63, 3.8) is 0 Å². The van der Waals surface area contributed by atoms with E-state index in [2.05, 4.69) is 37.9 Å². The van der Waals surface area contributed by atoms with Gasteiger partial charge in [0.1, 0.15) is 11.6 Å². The Kier molecular flexibility index (Phi) is 26.6. The van der Waals surface area contributed by atoms with Gasteiger partial charge in [0.15, 0.2) is 0 Å². The van der Waals surface area contributed by atoms with E-state index in [1.807, 2.05) is 12.1 Å². The number of carbonyl (C=O) groups excluding carboxylic acids is 1. The van der Waals surface area contributed by atoms with Crippen molar-refractivity contribution < 1.29 is 37.4 Å². The maximum atomic E-state index is 13.1. The molecule has 4 rings (SSSR count). The van der Waals surface area contributed by atoms with Crippen LogP contribution in [0.2, 0.25) is 0 Å². The third-order valence-electron chi connectivity index (χ3n) is 5.07. The lowest BCUT2D eigenvalue weighted by Gasteiger charge is -2.00. The van der Waals surface area contributed by atoms with E-state index in [4.69, 9.17) is 20.8 Å². The van der Waals surface area contributed by atoms with Crippen LogP contribution in [0, 0.1) is 34.8 Å². The minimum absolute atomic E-state index is 0. The van der Waals surface area contributed by atoms with Crippen molar-refractivity contribution in [2.45, 2.75) is 39.5 Å². The van der Waals surface area contributed by atoms with Crippen LogP contribution in [0.25, 0.3) is 0 Å². The molecule has 0 saturated heterocycles. The number of halogens is 4. The molecule has 8 nitrogen and oxygen atoms in total. The molecule has 2 aromatic carbocycles. The number of nitrogens with zero attached hydrogens (tertiary/aromatic N) is 1. The normalized spacial score (nSPS) is 19.3. The summed E-state index contributed by atoms with van der Waals surface area (Å²) in [4.78, 5) is 35.3. The number of amides is 1. The Bertz CT molecular complexity index is 1210. The smallest absolute Gasteiger partial charge is 0.561 e. The highest BCUT2D eigenvalue weighted by atomic mass is 79.9. The van der Waals surface area contributed by atoms with E-state index in [0.29, 0.717) is 8.95 Å². The maximum absolute atomic E-state index is 13.1. The number of primary amides is 1. The van der Waals surface area contributed by atoms with Crippen LogP contribution in [0.15, 0.2) is 45.3 Å². The summed E-state index contributed by atoms with van der Waals surface area (Å²) in [6, 6.07) is 12.2. The summed E-state index contributed by atoms with van der Waals surface area (Å²) < 4.78 is 45.8. The number of hydrogen-bond donors (Lipinski definition) is 3. The van der Waals surface area contributed by atoms with Crippen LogP contribution in [0.5, 0.6) is 0 Å². The largest absolute Gasteiger partial charge is 0.588 e. The molecule has 0 radical (unpaired) electrons. The van der Waals surface area contributed by atoms with E-state index in [1.54, 1.807) is 12.1 Å². The van der Waals surface area contributed by atoms with E-state index in [1.165, 1.54) is 12.1 Å². The summed E-state index contributed by atoms with van der Waals surface area (Å²) in [6.45, 7) is 0. The lowest BCUT2D eigenvalue weighted by Crippen LogP contribution is -2.13. The molecule has 1 amide bonds. The van der Waals surface area contributed by atoms with Gasteiger partial charge in [-0.2, -0.15) is 59.2 Å². The average Bonchev–Trinajstić information content (AvgIpc) is 3.66. The van der Waals surface area contributed by atoms with Crippen LogP contribution >= 0.6 is 101 Å². The second-order valence-corrected chi connectivity index (χ2v) is 13.3. The minimum atomic E-state index is -4.78. The molecular formula is C22H34Br2F2N2O6P2S4. The van der Waals surface area contributed by atoms with E-state index in [-0.39, 0.29) is 110 Å². The predicted octanol–water partition coefficient (Wildman–Crippen LogP) is 6.30. The maximum Gasteiger partial charge on any atom is 0.561 e. The summed E-state index contributed by atoms with van der Waals surface area (Å²) >= 11 is 6.17. The molecule has 4 N–H and O–H groups in total. The summed E-state index contributed by atoms with van der Waals surface area (Å²) in [7, 11) is -8.36. The monoisotopic (exact) mass is 808 g/mol. The van der Waals surface area contributed by atoms with Gasteiger partial charge in [-0.1, -0.05) is 31.6 Å². The number of carbonyl (C=O) groups is 1. The quantitative estimate of drug-likeness (QED) is 0.305. The molecule has 2 fully saturated rings. The second-order valence-electron chi connectivity index (χ2n) is 7.53. The zero-order chi connectivity index (χ0) is 25.8. The number of rotatable bonds is 4. The summed E-state index contributed by atoms with van der Waals surface area (Å²) in [5.41, 5.74) is 6.94. The Morgan fingerprint density at radius 1 is 0.975 bits per heavy atom. The van der Waals surface area contributed by atoms with Crippen LogP contribution in [-0.4, -0.2) is 15.7 Å². The van der Waals surface area contributed by atoms with Crippen molar-refractivity contribution >= 4 is 107 Å². The van der Waals surface area contributed by atoms with Crippen LogP contribution < -0.4 is 10.6 Å². The third kappa shape index (κ3) is 15.3. The Labute approximate surface area is 278 Å². The number of hydrogen-bond acceptors (Lipinski definition) is 5. The Balaban J connectivity index is -0.000000149. The molecule has 230 valence electrons. The minimum Gasteiger partial charge on any atom is -0.588 e. The van der Waals surface area contributed by atoms with Crippen molar-refractivity contribution in [2.24, 2.45) is 17.6 Å². The molecule has 40 heavy (non-hydrogen) atoms. The van der Waals surface area contributed by atoms with Gasteiger partial charge in [0.25, 0.3) is 0 Å². The predicted molar refractivity (Wildman–Crippen MR) is 179 cm³/mol. The standard InChI is InChI=1S/C10H9BrFNO.C10H7BrFN.2CH4.H2O5P2.4H2S/c11-8-2-1-5(3-9(8)12)6-4-7(6)10(13)14;11-9-2-1-6(4-10(9)12)8-3-7(8)5-13;;;1-6(2)7(3,4)5;;;;/h1-3,6-7H,4H2,(H2,13,14);1-2,4,7-8H,3H2;2*1H4;(H2,3,4,5);4*1H2/t6-,7+;7-,8-;;;;;;;/m11......./s1. The lowest BCUT2D eigenvalue weighted by atomic mass is 10.1. The summed E-state index contributed by atoms with van der Waals surface area (Å²) in [5, 5.41) is 8.61. The van der Waals surface area contributed by atoms with Gasteiger partial charge in [0, 0.05) is 11.8 Å². The molecular weight excluding hydrogens is 776 g/mol. The molecule has 0 bridgehead atoms. The van der Waals surface area contributed by atoms with Gasteiger partial charge in [-0.3, -0.25) is 14.6 Å². The van der Waals surface area contributed by atoms with Crippen LogP contribution in [-0.2, 0) is 13.9 Å². The highest BCUT2D eigenvalue weighted by Crippen LogP contribution is 2.56. The topological polar surface area (TPSA) is 165 Å². The number of nitrogens with two attached hydrogens (primary N) is 1. The van der Waals surface area contributed by atoms with E-state index >= 15 is 0 Å². The molecule has 0 aliphatic heterocycles. The first-order valence-corrected chi connectivity index (χ1v) is 14.6. The zero-order valence-electron chi connectivity index (χ0n) is 19.1. The highest BCUT2D eigenvalue weighted by molar-refractivity contribution is 9.10. The van der Waals surface area contributed by atoms with Crippen molar-refractivity contribution in [2.75, 3.05) is 0 Å². The van der Waals surface area contributed by atoms with Gasteiger partial charge in [-0.15, -0.1) is 0 Å². The Morgan fingerprint density at radius 3 is 1.60 bits per heavy atom. The van der Waals surface area contributed by atoms with Crippen LogP contribution in [0.4, 0.5) is 8.78 Å². The van der Waals surface area contributed by atoms with E-state index in [0.717, 1.165) is 24.0 Å². The summed E-state index contributed by atoms with van der Waals surface area (Å²) in [5.74, 6) is -0.462. The van der Waals surface area contributed by atoms with E-state index in [9.17, 15) is 27.6 Å². The van der Waals surface area contributed by atoms with Gasteiger partial charge >= 0.3 is 15.0 Å². The molecule has 18 heteroatoms. The van der Waals surface area contributed by atoms with Gasteiger partial charge in [-0.05, 0) is 86.0 Å². The van der Waals surface area contributed by atoms with Gasteiger partial charge in [-0.25, -0.2) is 13.3 Å². The van der Waals surface area contributed by atoms with Crippen molar-refractivity contribution in [1.29, 1.82) is 5.26 Å². The second kappa shape index (κ2) is 21.5. The molecule has 5 atom stereocenters. The number of nitriles is 1. The molecule has 2 aliphatic carbocycles. The molecule has 0 aromatic heterocycles. The fourth-order valence-corrected chi connectivity index (χ4v) is 3.56. The van der Waals surface area contributed by atoms with Gasteiger partial charge < -0.3 is 10.6 Å². The zero-order valence-corrected chi connectivity index (χ0v) is 28.1. The van der Waals surface area contributed by atoms with Crippen molar-refractivity contribution in [3.05, 3.63) is 68.1 Å². The van der Waals surface area contributed by atoms with Crippen molar-refractivity contribution in [1.82, 2.24) is 0 Å². The molecule has 2 aliphatic rings. The molecule has 1 unspecified atom stereocenters. The Hall–Kier alpha value is -0.170. The average molecular weight is 811 g/mol. The SMILES string of the molecule is C.C.N#C[C@H]1C[C@@H]1c1ccc(Br)c(F)c1.NC(=O)[C@H]1C[C@@H]1c1ccc(Br)c(F)c1.O=[P+]([O-])P(=O)(O)O.S.S.S.S. The van der Waals surface area contributed by atoms with Gasteiger partial charge in [0.2, 0.25) is 5.91 Å².